The van der Waals surface area contributed by atoms with Crippen molar-refractivity contribution in [1.29, 1.82) is 0 Å². The van der Waals surface area contributed by atoms with Gasteiger partial charge >= 0.3 is 0 Å². The van der Waals surface area contributed by atoms with E-state index in [4.69, 9.17) is 4.74 Å². The second kappa shape index (κ2) is 6.66. The number of hydrogen-bond acceptors (Lipinski definition) is 3. The van der Waals surface area contributed by atoms with E-state index in [1.54, 1.807) is 0 Å². The maximum atomic E-state index is 10.2. The molecule has 0 saturated carbocycles. The van der Waals surface area contributed by atoms with Crippen LogP contribution in [0.15, 0.2) is 48.5 Å². The summed E-state index contributed by atoms with van der Waals surface area (Å²) in [5.41, 5.74) is 1.99. The number of para-hydroxylation sites is 2. The van der Waals surface area contributed by atoms with Crippen LogP contribution in [0.25, 0.3) is 11.0 Å². The number of rotatable bonds is 5. The molecule has 3 rings (SSSR count). The summed E-state index contributed by atoms with van der Waals surface area (Å²) in [5, 5.41) is 10.2. The Labute approximate surface area is 142 Å². The molecule has 1 N–H and O–H groups in total. The van der Waals surface area contributed by atoms with Gasteiger partial charge in [-0.2, -0.15) is 0 Å². The van der Waals surface area contributed by atoms with Crippen molar-refractivity contribution >= 4 is 33.6 Å². The lowest BCUT2D eigenvalue weighted by Gasteiger charge is -2.14. The Hall–Kier alpha value is -1.60. The number of aryl methyl sites for hydroxylation is 1. The van der Waals surface area contributed by atoms with E-state index in [9.17, 15) is 5.11 Å². The fourth-order valence-electron chi connectivity index (χ4n) is 2.41. The van der Waals surface area contributed by atoms with Gasteiger partial charge in [0.2, 0.25) is 0 Å². The topological polar surface area (TPSA) is 47.3 Å². The summed E-state index contributed by atoms with van der Waals surface area (Å²) in [6.45, 7) is 2.68. The minimum absolute atomic E-state index is 0.256. The average Bonchev–Trinajstić information content (AvgIpc) is 2.83. The molecule has 0 bridgehead atoms. The lowest BCUT2D eigenvalue weighted by molar-refractivity contribution is 0.0929. The second-order valence-corrected chi connectivity index (χ2v) is 6.42. The number of fused-ring (bicyclic) bond motifs is 1. The Morgan fingerprint density at radius 2 is 1.91 bits per heavy atom. The van der Waals surface area contributed by atoms with Crippen LogP contribution >= 0.6 is 22.6 Å². The summed E-state index contributed by atoms with van der Waals surface area (Å²) in [6, 6.07) is 15.7. The summed E-state index contributed by atoms with van der Waals surface area (Å²) < 4.78 is 8.82. The molecule has 0 aliphatic heterocycles. The second-order valence-electron chi connectivity index (χ2n) is 5.18. The van der Waals surface area contributed by atoms with Gasteiger partial charge in [-0.3, -0.25) is 0 Å². The molecule has 22 heavy (non-hydrogen) atoms. The van der Waals surface area contributed by atoms with E-state index in [0.717, 1.165) is 26.2 Å². The van der Waals surface area contributed by atoms with Gasteiger partial charge < -0.3 is 14.4 Å². The summed E-state index contributed by atoms with van der Waals surface area (Å²) in [4.78, 5) is 4.50. The van der Waals surface area contributed by atoms with Crippen LogP contribution in [-0.4, -0.2) is 27.4 Å². The number of aliphatic hydroxyl groups is 1. The van der Waals surface area contributed by atoms with Gasteiger partial charge in [0.1, 0.15) is 24.3 Å². The minimum Gasteiger partial charge on any atom is -0.491 e. The van der Waals surface area contributed by atoms with Crippen LogP contribution in [-0.2, 0) is 6.54 Å². The smallest absolute Gasteiger partial charge is 0.119 e. The standard InChI is InChI=1S/C17H17IN2O2/c1-12-19-16-4-2-3-5-17(16)20(12)10-14(21)11-22-15-8-6-13(18)7-9-15/h2-9,14,21H,10-11H2,1H3. The molecule has 2 aromatic carbocycles. The van der Waals surface area contributed by atoms with E-state index in [1.807, 2.05) is 60.0 Å². The van der Waals surface area contributed by atoms with Crippen LogP contribution < -0.4 is 4.74 Å². The molecule has 3 aromatic rings. The third kappa shape index (κ3) is 3.41. The number of hydrogen-bond donors (Lipinski definition) is 1. The van der Waals surface area contributed by atoms with Gasteiger partial charge in [0.25, 0.3) is 0 Å². The Morgan fingerprint density at radius 1 is 1.18 bits per heavy atom. The van der Waals surface area contributed by atoms with Gasteiger partial charge in [-0.1, -0.05) is 12.1 Å². The number of benzene rings is 2. The number of nitrogens with zero attached hydrogens (tertiary/aromatic N) is 2. The first-order valence-electron chi connectivity index (χ1n) is 7.12. The third-order valence-corrected chi connectivity index (χ3v) is 4.21. The zero-order chi connectivity index (χ0) is 15.5. The lowest BCUT2D eigenvalue weighted by atomic mass is 10.3. The highest BCUT2D eigenvalue weighted by molar-refractivity contribution is 14.1. The van der Waals surface area contributed by atoms with Crippen molar-refractivity contribution in [3.63, 3.8) is 0 Å². The van der Waals surface area contributed by atoms with Crippen molar-refractivity contribution in [2.24, 2.45) is 0 Å². The Balaban J connectivity index is 1.67. The van der Waals surface area contributed by atoms with Crippen LogP contribution in [0, 0.1) is 10.5 Å². The molecule has 0 amide bonds. The zero-order valence-electron chi connectivity index (χ0n) is 12.2. The summed E-state index contributed by atoms with van der Waals surface area (Å²) in [7, 11) is 0. The highest BCUT2D eigenvalue weighted by Gasteiger charge is 2.12. The van der Waals surface area contributed by atoms with Gasteiger partial charge in [0, 0.05) is 3.57 Å². The van der Waals surface area contributed by atoms with E-state index in [0.29, 0.717) is 6.54 Å². The van der Waals surface area contributed by atoms with Crippen molar-refractivity contribution < 1.29 is 9.84 Å². The molecule has 0 fully saturated rings. The van der Waals surface area contributed by atoms with Gasteiger partial charge in [0.15, 0.2) is 0 Å². The van der Waals surface area contributed by atoms with E-state index < -0.39 is 6.10 Å². The number of imidazole rings is 1. The third-order valence-electron chi connectivity index (χ3n) is 3.49. The molecule has 0 saturated heterocycles. The summed E-state index contributed by atoms with van der Waals surface area (Å²) >= 11 is 2.25. The van der Waals surface area contributed by atoms with Crippen LogP contribution in [0.2, 0.25) is 0 Å². The SMILES string of the molecule is Cc1nc2ccccc2n1CC(O)COc1ccc(I)cc1. The first-order chi connectivity index (χ1) is 10.6. The highest BCUT2D eigenvalue weighted by Crippen LogP contribution is 2.17. The summed E-state index contributed by atoms with van der Waals surface area (Å²) in [6.07, 6.45) is -0.587. The van der Waals surface area contributed by atoms with Crippen LogP contribution in [0.1, 0.15) is 5.82 Å². The summed E-state index contributed by atoms with van der Waals surface area (Å²) in [5.74, 6) is 1.67. The predicted octanol–water partition coefficient (Wildman–Crippen LogP) is 3.39. The molecule has 1 heterocycles. The molecule has 5 heteroatoms. The molecular formula is C17H17IN2O2. The van der Waals surface area contributed by atoms with Crippen molar-refractivity contribution in [1.82, 2.24) is 9.55 Å². The van der Waals surface area contributed by atoms with Gasteiger partial charge in [-0.05, 0) is 65.9 Å². The monoisotopic (exact) mass is 408 g/mol. The molecule has 1 atom stereocenters. The van der Waals surface area contributed by atoms with Gasteiger partial charge in [-0.15, -0.1) is 0 Å². The van der Waals surface area contributed by atoms with Crippen molar-refractivity contribution in [3.05, 3.63) is 57.9 Å². The van der Waals surface area contributed by atoms with E-state index in [1.165, 1.54) is 0 Å². The Morgan fingerprint density at radius 3 is 2.68 bits per heavy atom. The Kier molecular flexibility index (Phi) is 4.63. The number of aliphatic hydroxyl groups excluding tert-OH is 1. The molecule has 4 nitrogen and oxygen atoms in total. The van der Waals surface area contributed by atoms with Gasteiger partial charge in [0.05, 0.1) is 17.6 Å². The van der Waals surface area contributed by atoms with Crippen molar-refractivity contribution in [2.45, 2.75) is 19.6 Å². The largest absolute Gasteiger partial charge is 0.491 e. The molecule has 1 aromatic heterocycles. The Bertz CT molecular complexity index is 768. The molecule has 0 aliphatic rings. The predicted molar refractivity (Wildman–Crippen MR) is 95.1 cm³/mol. The minimum atomic E-state index is -0.587. The van der Waals surface area contributed by atoms with E-state index >= 15 is 0 Å². The van der Waals surface area contributed by atoms with Crippen LogP contribution in [0.3, 0.4) is 0 Å². The first-order valence-corrected chi connectivity index (χ1v) is 8.19. The fourth-order valence-corrected chi connectivity index (χ4v) is 2.77. The first kappa shape index (κ1) is 15.3. The number of ether oxygens (including phenoxy) is 1. The van der Waals surface area contributed by atoms with E-state index in [2.05, 4.69) is 27.6 Å². The normalized spacial score (nSPS) is 12.5. The fraction of sp³-hybridized carbons (Fsp3) is 0.235. The molecule has 0 radical (unpaired) electrons. The van der Waals surface area contributed by atoms with Gasteiger partial charge in [-0.25, -0.2) is 4.98 Å². The quantitative estimate of drug-likeness (QED) is 0.659. The average molecular weight is 408 g/mol. The van der Waals surface area contributed by atoms with Crippen molar-refractivity contribution in [2.75, 3.05) is 6.61 Å². The zero-order valence-corrected chi connectivity index (χ0v) is 14.4. The molecule has 1 unspecified atom stereocenters. The molecular weight excluding hydrogens is 391 g/mol. The van der Waals surface area contributed by atoms with Crippen molar-refractivity contribution in [3.8, 4) is 5.75 Å². The molecule has 0 aliphatic carbocycles. The lowest BCUT2D eigenvalue weighted by Crippen LogP contribution is -2.24. The van der Waals surface area contributed by atoms with E-state index in [-0.39, 0.29) is 6.61 Å². The highest BCUT2D eigenvalue weighted by atomic mass is 127. The molecule has 0 spiro atoms. The van der Waals surface area contributed by atoms with Crippen LogP contribution in [0.5, 0.6) is 5.75 Å². The maximum Gasteiger partial charge on any atom is 0.119 e. The van der Waals surface area contributed by atoms with Crippen LogP contribution in [0.4, 0.5) is 0 Å². The molecule has 114 valence electrons. The maximum absolute atomic E-state index is 10.2. The number of halogens is 1. The number of aromatic nitrogens is 2.